The number of rotatable bonds is 2. The summed E-state index contributed by atoms with van der Waals surface area (Å²) in [6.07, 6.45) is 3.91. The summed E-state index contributed by atoms with van der Waals surface area (Å²) in [5.74, 6) is 0.908. The summed E-state index contributed by atoms with van der Waals surface area (Å²) < 4.78 is 0. The lowest BCUT2D eigenvalue weighted by molar-refractivity contribution is 0.395. The monoisotopic (exact) mass is 228 g/mol. The Morgan fingerprint density at radius 2 is 2.06 bits per heavy atom. The van der Waals surface area contributed by atoms with Gasteiger partial charge in [-0.3, -0.25) is 0 Å². The summed E-state index contributed by atoms with van der Waals surface area (Å²) in [6, 6.07) is 8.39. The van der Waals surface area contributed by atoms with E-state index in [4.69, 9.17) is 5.26 Å². The molecule has 1 aliphatic heterocycles. The molecule has 0 saturated carbocycles. The van der Waals surface area contributed by atoms with Gasteiger partial charge in [-0.25, -0.2) is 0 Å². The van der Waals surface area contributed by atoms with Crippen molar-refractivity contribution in [3.63, 3.8) is 0 Å². The highest BCUT2D eigenvalue weighted by Gasteiger charge is 2.18. The van der Waals surface area contributed by atoms with Gasteiger partial charge in [-0.2, -0.15) is 5.26 Å². The third-order valence-electron chi connectivity index (χ3n) is 3.89. The number of aryl methyl sites for hydroxylation is 1. The number of nitriles is 1. The van der Waals surface area contributed by atoms with Gasteiger partial charge in [0.05, 0.1) is 11.6 Å². The van der Waals surface area contributed by atoms with Crippen molar-refractivity contribution in [3.05, 3.63) is 29.3 Å². The molecular weight excluding hydrogens is 208 g/mol. The molecule has 0 amide bonds. The third-order valence-corrected chi connectivity index (χ3v) is 3.89. The van der Waals surface area contributed by atoms with E-state index in [1.807, 2.05) is 13.0 Å². The van der Waals surface area contributed by atoms with Gasteiger partial charge in [-0.1, -0.05) is 13.3 Å². The molecular formula is C15H20N2. The average Bonchev–Trinajstić information content (AvgIpc) is 2.39. The number of hydrogen-bond acceptors (Lipinski definition) is 2. The summed E-state index contributed by atoms with van der Waals surface area (Å²) in [7, 11) is 0. The van der Waals surface area contributed by atoms with Crippen molar-refractivity contribution >= 4 is 5.69 Å². The Kier molecular flexibility index (Phi) is 3.68. The Bertz CT molecular complexity index is 423. The molecule has 1 aliphatic rings. The second-order valence-corrected chi connectivity index (χ2v) is 4.95. The quantitative estimate of drug-likeness (QED) is 0.774. The highest BCUT2D eigenvalue weighted by molar-refractivity contribution is 5.53. The fourth-order valence-electron chi connectivity index (χ4n) is 2.57. The lowest BCUT2D eigenvalue weighted by Crippen LogP contribution is -2.33. The molecule has 2 rings (SSSR count). The fourth-order valence-corrected chi connectivity index (χ4v) is 2.57. The summed E-state index contributed by atoms with van der Waals surface area (Å²) in [5.41, 5.74) is 3.15. The summed E-state index contributed by atoms with van der Waals surface area (Å²) in [4.78, 5) is 2.44. The molecule has 90 valence electrons. The minimum absolute atomic E-state index is 0.789. The molecule has 0 radical (unpaired) electrons. The maximum atomic E-state index is 8.92. The Morgan fingerprint density at radius 3 is 2.59 bits per heavy atom. The zero-order valence-corrected chi connectivity index (χ0v) is 10.7. The highest BCUT2D eigenvalue weighted by atomic mass is 15.1. The van der Waals surface area contributed by atoms with E-state index in [0.717, 1.165) is 30.1 Å². The molecule has 0 aromatic heterocycles. The Labute approximate surface area is 104 Å². The van der Waals surface area contributed by atoms with Crippen LogP contribution in [0.1, 0.15) is 37.3 Å². The number of benzene rings is 1. The Hall–Kier alpha value is -1.49. The van der Waals surface area contributed by atoms with Crippen LogP contribution < -0.4 is 4.90 Å². The molecule has 1 aromatic rings. The highest BCUT2D eigenvalue weighted by Crippen LogP contribution is 2.26. The smallest absolute Gasteiger partial charge is 0.0994 e. The van der Waals surface area contributed by atoms with Gasteiger partial charge in [-0.15, -0.1) is 0 Å². The van der Waals surface area contributed by atoms with Crippen LogP contribution in [0.4, 0.5) is 5.69 Å². The van der Waals surface area contributed by atoms with E-state index in [9.17, 15) is 0 Å². The molecule has 1 saturated heterocycles. The van der Waals surface area contributed by atoms with Crippen LogP contribution in [0.25, 0.3) is 0 Å². The van der Waals surface area contributed by atoms with E-state index in [1.165, 1.54) is 24.9 Å². The van der Waals surface area contributed by atoms with Crippen LogP contribution in [-0.4, -0.2) is 13.1 Å². The predicted octanol–water partition coefficient (Wildman–Crippen LogP) is 3.49. The molecule has 1 heterocycles. The summed E-state index contributed by atoms with van der Waals surface area (Å²) in [6.45, 7) is 6.61. The largest absolute Gasteiger partial charge is 0.372 e. The van der Waals surface area contributed by atoms with Gasteiger partial charge in [0.15, 0.2) is 0 Å². The van der Waals surface area contributed by atoms with Crippen LogP contribution in [0.3, 0.4) is 0 Å². The maximum Gasteiger partial charge on any atom is 0.0994 e. The van der Waals surface area contributed by atoms with Crippen LogP contribution in [0, 0.1) is 24.2 Å². The fraction of sp³-hybridized carbons (Fsp3) is 0.533. The summed E-state index contributed by atoms with van der Waals surface area (Å²) in [5, 5.41) is 8.92. The lowest BCUT2D eigenvalue weighted by atomic mass is 9.94. The molecule has 2 heteroatoms. The lowest BCUT2D eigenvalue weighted by Gasteiger charge is -2.33. The van der Waals surface area contributed by atoms with Crippen LogP contribution in [-0.2, 0) is 0 Å². The molecule has 0 spiro atoms. The first-order chi connectivity index (χ1) is 8.24. The van der Waals surface area contributed by atoms with Crippen molar-refractivity contribution in [2.45, 2.75) is 33.1 Å². The van der Waals surface area contributed by atoms with E-state index >= 15 is 0 Å². The SMILES string of the molecule is CCC1CCN(c2ccc(C#N)c(C)c2)CC1. The molecule has 0 aliphatic carbocycles. The van der Waals surface area contributed by atoms with Crippen LogP contribution in [0.5, 0.6) is 0 Å². The normalized spacial score (nSPS) is 16.9. The zero-order valence-electron chi connectivity index (χ0n) is 10.7. The number of hydrogen-bond donors (Lipinski definition) is 0. The topological polar surface area (TPSA) is 27.0 Å². The van der Waals surface area contributed by atoms with Gasteiger partial charge in [0, 0.05) is 18.8 Å². The second kappa shape index (κ2) is 5.23. The van der Waals surface area contributed by atoms with E-state index < -0.39 is 0 Å². The maximum absolute atomic E-state index is 8.92. The van der Waals surface area contributed by atoms with Crippen LogP contribution in [0.2, 0.25) is 0 Å². The first-order valence-electron chi connectivity index (χ1n) is 6.50. The van der Waals surface area contributed by atoms with Gasteiger partial charge in [0.2, 0.25) is 0 Å². The molecule has 0 bridgehead atoms. The van der Waals surface area contributed by atoms with Crippen LogP contribution in [0.15, 0.2) is 18.2 Å². The van der Waals surface area contributed by atoms with Crippen molar-refractivity contribution in [2.24, 2.45) is 5.92 Å². The Morgan fingerprint density at radius 1 is 1.35 bits per heavy atom. The molecule has 17 heavy (non-hydrogen) atoms. The first-order valence-corrected chi connectivity index (χ1v) is 6.50. The molecule has 0 atom stereocenters. The minimum atomic E-state index is 0.789. The second-order valence-electron chi connectivity index (χ2n) is 4.95. The van der Waals surface area contributed by atoms with Crippen LogP contribution >= 0.6 is 0 Å². The van der Waals surface area contributed by atoms with E-state index in [-0.39, 0.29) is 0 Å². The molecule has 2 nitrogen and oxygen atoms in total. The van der Waals surface area contributed by atoms with Crippen molar-refractivity contribution in [1.29, 1.82) is 5.26 Å². The van der Waals surface area contributed by atoms with Crippen molar-refractivity contribution < 1.29 is 0 Å². The van der Waals surface area contributed by atoms with Gasteiger partial charge < -0.3 is 4.90 Å². The van der Waals surface area contributed by atoms with Gasteiger partial charge in [-0.05, 0) is 49.4 Å². The molecule has 1 fully saturated rings. The van der Waals surface area contributed by atoms with Gasteiger partial charge in [0.25, 0.3) is 0 Å². The standard InChI is InChI=1S/C15H20N2/c1-3-13-6-8-17(9-7-13)15-5-4-14(11-16)12(2)10-15/h4-5,10,13H,3,6-9H2,1-2H3. The van der Waals surface area contributed by atoms with Gasteiger partial charge >= 0.3 is 0 Å². The molecule has 0 unspecified atom stereocenters. The van der Waals surface area contributed by atoms with Crippen molar-refractivity contribution in [2.75, 3.05) is 18.0 Å². The van der Waals surface area contributed by atoms with Crippen molar-refractivity contribution in [3.8, 4) is 6.07 Å². The van der Waals surface area contributed by atoms with Gasteiger partial charge in [0.1, 0.15) is 0 Å². The number of piperidine rings is 1. The number of nitrogens with zero attached hydrogens (tertiary/aromatic N) is 2. The average molecular weight is 228 g/mol. The molecule has 1 aromatic carbocycles. The summed E-state index contributed by atoms with van der Waals surface area (Å²) >= 11 is 0. The van der Waals surface area contributed by atoms with E-state index in [0.29, 0.717) is 0 Å². The first kappa shape index (κ1) is 12.0. The predicted molar refractivity (Wildman–Crippen MR) is 71.1 cm³/mol. The Balaban J connectivity index is 2.09. The minimum Gasteiger partial charge on any atom is -0.372 e. The molecule has 0 N–H and O–H groups in total. The van der Waals surface area contributed by atoms with Crippen molar-refractivity contribution in [1.82, 2.24) is 0 Å². The number of anilines is 1. The zero-order chi connectivity index (χ0) is 12.3. The van der Waals surface area contributed by atoms with E-state index in [2.05, 4.69) is 30.0 Å². The third kappa shape index (κ3) is 2.61. The van der Waals surface area contributed by atoms with E-state index in [1.54, 1.807) is 0 Å².